The van der Waals surface area contributed by atoms with E-state index in [0.717, 1.165) is 0 Å². The molecule has 0 N–H and O–H groups in total. The van der Waals surface area contributed by atoms with E-state index in [0.29, 0.717) is 10.5 Å². The van der Waals surface area contributed by atoms with Crippen molar-refractivity contribution < 1.29 is 24.0 Å². The van der Waals surface area contributed by atoms with Crippen molar-refractivity contribution in [2.75, 3.05) is 0 Å². The standard InChI is InChI=1S/C10H12NS.HI/c1-3-12-8(2)11-9-6-4-5-7-10(9)12;/h4-7H,3H2,1-2H3;1H/q+1;/p-1. The Labute approximate surface area is 98.2 Å². The molecule has 2 rings (SSSR count). The van der Waals surface area contributed by atoms with Crippen molar-refractivity contribution in [2.45, 2.75) is 19.6 Å². The van der Waals surface area contributed by atoms with Crippen LogP contribution in [-0.2, 0) is 5.75 Å². The van der Waals surface area contributed by atoms with Crippen molar-refractivity contribution in [3.05, 3.63) is 29.3 Å². The Kier molecular flexibility index (Phi) is 3.67. The fraction of sp³-hybridized carbons (Fsp3) is 0.300. The highest BCUT2D eigenvalue weighted by Gasteiger charge is 2.15. The van der Waals surface area contributed by atoms with E-state index >= 15 is 0 Å². The molecule has 1 heterocycles. The number of nitrogens with zero attached hydrogens (tertiary/aromatic N) is 1. The van der Waals surface area contributed by atoms with Gasteiger partial charge >= 0.3 is 0 Å². The second-order valence-corrected chi connectivity index (χ2v) is 5.17. The van der Waals surface area contributed by atoms with Crippen LogP contribution in [0.4, 0.5) is 0 Å². The van der Waals surface area contributed by atoms with Gasteiger partial charge < -0.3 is 24.0 Å². The van der Waals surface area contributed by atoms with E-state index in [-0.39, 0.29) is 24.0 Å². The summed E-state index contributed by atoms with van der Waals surface area (Å²) in [4.78, 5) is 4.53. The lowest BCUT2D eigenvalue weighted by Crippen LogP contribution is -3.00. The maximum Gasteiger partial charge on any atom is 0.239 e. The molecular formula is C10H12INS. The summed E-state index contributed by atoms with van der Waals surface area (Å²) in [5, 5.41) is 1.29. The van der Waals surface area contributed by atoms with Crippen molar-refractivity contribution in [3.8, 4) is 0 Å². The van der Waals surface area contributed by atoms with Crippen LogP contribution in [0.15, 0.2) is 24.3 Å². The van der Waals surface area contributed by atoms with Crippen molar-refractivity contribution in [2.24, 2.45) is 0 Å². The quantitative estimate of drug-likeness (QED) is 0.546. The topological polar surface area (TPSA) is 12.9 Å². The molecule has 0 saturated heterocycles. The van der Waals surface area contributed by atoms with Crippen molar-refractivity contribution in [3.63, 3.8) is 0 Å². The number of rotatable bonds is 1. The highest BCUT2D eigenvalue weighted by molar-refractivity contribution is 7.36. The third-order valence-corrected chi connectivity index (χ3v) is 4.31. The zero-order valence-electron chi connectivity index (χ0n) is 7.75. The molecule has 0 amide bonds. The van der Waals surface area contributed by atoms with Gasteiger partial charge in [-0.05, 0) is 13.0 Å². The van der Waals surface area contributed by atoms with E-state index in [2.05, 4.69) is 43.1 Å². The lowest BCUT2D eigenvalue weighted by atomic mass is 10.3. The van der Waals surface area contributed by atoms with Crippen LogP contribution in [0.3, 0.4) is 0 Å². The molecule has 1 nitrogen and oxygen atoms in total. The van der Waals surface area contributed by atoms with Gasteiger partial charge in [0, 0.05) is 23.5 Å². The van der Waals surface area contributed by atoms with Crippen LogP contribution < -0.4 is 24.0 Å². The molecule has 1 aromatic heterocycles. The summed E-state index contributed by atoms with van der Waals surface area (Å²) < 4.78 is 1.43. The summed E-state index contributed by atoms with van der Waals surface area (Å²) in [5.74, 6) is 1.19. The van der Waals surface area contributed by atoms with Crippen LogP contribution in [0.1, 0.15) is 11.9 Å². The maximum absolute atomic E-state index is 4.53. The molecule has 0 aliphatic heterocycles. The average Bonchev–Trinajstić information content (AvgIpc) is 2.40. The summed E-state index contributed by atoms with van der Waals surface area (Å²) in [6.45, 7) is 4.36. The first-order chi connectivity index (χ1) is 5.83. The smallest absolute Gasteiger partial charge is 0.239 e. The fourth-order valence-electron chi connectivity index (χ4n) is 1.51. The normalized spacial score (nSPS) is 11.4. The van der Waals surface area contributed by atoms with Crippen molar-refractivity contribution in [1.29, 1.82) is 0 Å². The average molecular weight is 305 g/mol. The van der Waals surface area contributed by atoms with Crippen LogP contribution in [-0.4, -0.2) is 4.98 Å². The molecule has 0 bridgehead atoms. The van der Waals surface area contributed by atoms with Crippen LogP contribution in [0.2, 0.25) is 0 Å². The number of thiazole rings is 1. The monoisotopic (exact) mass is 305 g/mol. The largest absolute Gasteiger partial charge is 1.00 e. The van der Waals surface area contributed by atoms with E-state index in [1.165, 1.54) is 21.0 Å². The van der Waals surface area contributed by atoms with Crippen molar-refractivity contribution >= 4 is 20.7 Å². The number of para-hydroxylation sites is 1. The van der Waals surface area contributed by atoms with E-state index in [9.17, 15) is 0 Å². The second-order valence-electron chi connectivity index (χ2n) is 2.78. The molecule has 3 heteroatoms. The molecule has 13 heavy (non-hydrogen) atoms. The van der Waals surface area contributed by atoms with E-state index in [1.807, 2.05) is 0 Å². The molecule has 0 fully saturated rings. The third kappa shape index (κ3) is 1.86. The summed E-state index contributed by atoms with van der Waals surface area (Å²) in [6.07, 6.45) is 0. The van der Waals surface area contributed by atoms with Crippen LogP contribution in [0, 0.1) is 6.92 Å². The minimum absolute atomic E-state index is 0. The molecule has 1 atom stereocenters. The molecule has 2 aromatic rings. The van der Waals surface area contributed by atoms with E-state index < -0.39 is 0 Å². The predicted molar refractivity (Wildman–Crippen MR) is 54.6 cm³/mol. The number of halogens is 1. The van der Waals surface area contributed by atoms with Gasteiger partial charge in [0.25, 0.3) is 0 Å². The molecular weight excluding hydrogens is 293 g/mol. The van der Waals surface area contributed by atoms with Gasteiger partial charge in [-0.1, -0.05) is 12.1 Å². The lowest BCUT2D eigenvalue weighted by molar-refractivity contribution is -0.00000255. The number of aromatic nitrogens is 1. The Bertz CT molecular complexity index is 408. The van der Waals surface area contributed by atoms with E-state index in [1.54, 1.807) is 0 Å². The van der Waals surface area contributed by atoms with Gasteiger partial charge in [0.2, 0.25) is 9.71 Å². The summed E-state index contributed by atoms with van der Waals surface area (Å²) in [7, 11) is 0.296. The minimum atomic E-state index is 0. The molecule has 1 unspecified atom stereocenters. The lowest BCUT2D eigenvalue weighted by Gasteiger charge is -1.83. The van der Waals surface area contributed by atoms with Crippen LogP contribution in [0.25, 0.3) is 10.2 Å². The van der Waals surface area contributed by atoms with E-state index in [4.69, 9.17) is 0 Å². The third-order valence-electron chi connectivity index (χ3n) is 2.05. The predicted octanol–water partition coefficient (Wildman–Crippen LogP) is 0.316. The highest BCUT2D eigenvalue weighted by atomic mass is 127. The number of benzene rings is 1. The molecule has 0 saturated carbocycles. The molecule has 0 aliphatic carbocycles. The first-order valence-electron chi connectivity index (χ1n) is 4.18. The zero-order valence-corrected chi connectivity index (χ0v) is 10.7. The first kappa shape index (κ1) is 10.9. The zero-order chi connectivity index (χ0) is 8.55. The summed E-state index contributed by atoms with van der Waals surface area (Å²) in [6, 6.07) is 8.45. The van der Waals surface area contributed by atoms with Crippen LogP contribution >= 0.6 is 10.5 Å². The number of hydrogen-bond acceptors (Lipinski definition) is 1. The molecule has 0 radical (unpaired) electrons. The number of aryl methyl sites for hydroxylation is 2. The van der Waals surface area contributed by atoms with Gasteiger partial charge in [-0.3, -0.25) is 0 Å². The fourth-order valence-corrected chi connectivity index (χ4v) is 3.37. The Morgan fingerprint density at radius 2 is 2.00 bits per heavy atom. The van der Waals surface area contributed by atoms with Gasteiger partial charge in [-0.2, -0.15) is 4.98 Å². The van der Waals surface area contributed by atoms with Gasteiger partial charge in [-0.25, -0.2) is 0 Å². The van der Waals surface area contributed by atoms with Gasteiger partial charge in [0.05, 0.1) is 0 Å². The molecule has 1 aromatic carbocycles. The highest BCUT2D eigenvalue weighted by Crippen LogP contribution is 2.33. The number of hydrogen-bond donors (Lipinski definition) is 0. The summed E-state index contributed by atoms with van der Waals surface area (Å²) >= 11 is 0. The Balaban J connectivity index is 0.000000845. The van der Waals surface area contributed by atoms with Gasteiger partial charge in [0.15, 0.2) is 0 Å². The minimum Gasteiger partial charge on any atom is -1.00 e. The van der Waals surface area contributed by atoms with Gasteiger partial charge in [-0.15, -0.1) is 0 Å². The summed E-state index contributed by atoms with van der Waals surface area (Å²) in [5.41, 5.74) is 1.18. The second kappa shape index (κ2) is 4.37. The Hall–Kier alpha value is -0.160. The SMILES string of the molecule is CC[s+]1c(C)nc2ccccc21.[I-]. The first-order valence-corrected chi connectivity index (χ1v) is 5.57. The Morgan fingerprint density at radius 1 is 1.31 bits per heavy atom. The molecule has 0 spiro atoms. The molecule has 0 aliphatic rings. The molecule has 70 valence electrons. The maximum atomic E-state index is 4.53. The van der Waals surface area contributed by atoms with Crippen LogP contribution in [0.5, 0.6) is 0 Å². The van der Waals surface area contributed by atoms with Gasteiger partial charge in [0.1, 0.15) is 11.3 Å². The Morgan fingerprint density at radius 3 is 2.69 bits per heavy atom. The number of fused-ring (bicyclic) bond motifs is 1. The van der Waals surface area contributed by atoms with Crippen molar-refractivity contribution in [1.82, 2.24) is 4.98 Å².